The van der Waals surface area contributed by atoms with Crippen molar-refractivity contribution in [2.45, 2.75) is 19.6 Å². The monoisotopic (exact) mass is 314 g/mol. The highest BCUT2D eigenvalue weighted by Gasteiger charge is 2.45. The predicted molar refractivity (Wildman–Crippen MR) is 82.3 cm³/mol. The van der Waals surface area contributed by atoms with Gasteiger partial charge in [-0.1, -0.05) is 6.07 Å². The molecular formula is C16H18N4O3. The Hall–Kier alpha value is -2.41. The zero-order chi connectivity index (χ0) is 16.0. The number of aromatic carboxylic acids is 1. The quantitative estimate of drug-likeness (QED) is 0.854. The minimum atomic E-state index is -1.00. The first kappa shape index (κ1) is 14.2. The van der Waals surface area contributed by atoms with Crippen LogP contribution in [0.5, 0.6) is 0 Å². The maximum Gasteiger partial charge on any atom is 0.338 e. The van der Waals surface area contributed by atoms with Gasteiger partial charge < -0.3 is 15.1 Å². The number of anilines is 1. The molecule has 0 aromatic carbocycles. The Morgan fingerprint density at radius 3 is 2.74 bits per heavy atom. The zero-order valence-electron chi connectivity index (χ0n) is 12.6. The molecule has 1 saturated heterocycles. The van der Waals surface area contributed by atoms with E-state index >= 15 is 0 Å². The molecule has 23 heavy (non-hydrogen) atoms. The Morgan fingerprint density at radius 2 is 2.09 bits per heavy atom. The summed E-state index contributed by atoms with van der Waals surface area (Å²) in [6.07, 6.45) is 4.14. The second-order valence-electron chi connectivity index (χ2n) is 6.33. The van der Waals surface area contributed by atoms with Gasteiger partial charge in [0, 0.05) is 19.3 Å². The fraction of sp³-hybridized carbons (Fsp3) is 0.438. The number of rotatable bonds is 5. The molecule has 4 rings (SSSR count). The third kappa shape index (κ3) is 2.68. The third-order valence-corrected chi connectivity index (χ3v) is 4.72. The highest BCUT2D eigenvalue weighted by Crippen LogP contribution is 2.45. The molecule has 2 aromatic heterocycles. The van der Waals surface area contributed by atoms with Crippen LogP contribution in [-0.4, -0.2) is 44.0 Å². The van der Waals surface area contributed by atoms with E-state index in [4.69, 9.17) is 5.11 Å². The first-order chi connectivity index (χ1) is 11.1. The first-order valence-corrected chi connectivity index (χ1v) is 7.74. The van der Waals surface area contributed by atoms with Crippen molar-refractivity contribution in [1.29, 1.82) is 0 Å². The van der Waals surface area contributed by atoms with E-state index < -0.39 is 5.97 Å². The van der Waals surface area contributed by atoms with Crippen molar-refractivity contribution in [1.82, 2.24) is 14.8 Å². The molecule has 0 radical (unpaired) electrons. The second kappa shape index (κ2) is 5.34. The maximum atomic E-state index is 10.9. The van der Waals surface area contributed by atoms with Crippen LogP contribution in [0.2, 0.25) is 0 Å². The van der Waals surface area contributed by atoms with Crippen LogP contribution in [-0.2, 0) is 13.2 Å². The zero-order valence-corrected chi connectivity index (χ0v) is 12.6. The molecule has 0 spiro atoms. The molecule has 2 N–H and O–H groups in total. The van der Waals surface area contributed by atoms with Crippen LogP contribution in [0.4, 0.5) is 5.82 Å². The molecule has 3 heterocycles. The van der Waals surface area contributed by atoms with E-state index in [1.54, 1.807) is 4.68 Å². The summed E-state index contributed by atoms with van der Waals surface area (Å²) in [5.74, 6) is 1.57. The third-order valence-electron chi connectivity index (χ3n) is 4.72. The molecule has 0 bridgehead atoms. The van der Waals surface area contributed by atoms with Crippen LogP contribution in [0.3, 0.4) is 0 Å². The van der Waals surface area contributed by atoms with Crippen LogP contribution in [0.25, 0.3) is 0 Å². The lowest BCUT2D eigenvalue weighted by atomic mass is 10.2. The number of fused-ring (bicyclic) bond motifs is 1. The van der Waals surface area contributed by atoms with Gasteiger partial charge in [-0.3, -0.25) is 4.68 Å². The molecule has 7 heteroatoms. The van der Waals surface area contributed by atoms with E-state index in [9.17, 15) is 9.90 Å². The van der Waals surface area contributed by atoms with Gasteiger partial charge in [-0.05, 0) is 29.9 Å². The molecule has 7 nitrogen and oxygen atoms in total. The van der Waals surface area contributed by atoms with Gasteiger partial charge in [-0.2, -0.15) is 5.10 Å². The number of aromatic nitrogens is 3. The maximum absolute atomic E-state index is 10.9. The number of aliphatic hydroxyl groups excluding tert-OH is 1. The number of aliphatic hydroxyl groups is 1. The summed E-state index contributed by atoms with van der Waals surface area (Å²) in [6, 6.07) is 3.92. The summed E-state index contributed by atoms with van der Waals surface area (Å²) in [7, 11) is 0. The second-order valence-corrected chi connectivity index (χ2v) is 6.33. The molecule has 2 fully saturated rings. The summed E-state index contributed by atoms with van der Waals surface area (Å²) < 4.78 is 1.55. The highest BCUT2D eigenvalue weighted by atomic mass is 16.4. The van der Waals surface area contributed by atoms with Gasteiger partial charge in [0.1, 0.15) is 5.82 Å². The molecule has 120 valence electrons. The molecule has 1 saturated carbocycles. The fourth-order valence-corrected chi connectivity index (χ4v) is 3.30. The molecule has 2 unspecified atom stereocenters. The normalized spacial score (nSPS) is 22.2. The number of carboxylic acid groups (broad SMARTS) is 1. The number of pyridine rings is 1. The van der Waals surface area contributed by atoms with Gasteiger partial charge in [-0.15, -0.1) is 0 Å². The summed E-state index contributed by atoms with van der Waals surface area (Å²) >= 11 is 0. The number of carbonyl (C=O) groups is 1. The van der Waals surface area contributed by atoms with Crippen molar-refractivity contribution < 1.29 is 15.0 Å². The predicted octanol–water partition coefficient (Wildman–Crippen LogP) is 0.973. The van der Waals surface area contributed by atoms with Crippen molar-refractivity contribution in [2.75, 3.05) is 18.0 Å². The lowest BCUT2D eigenvalue weighted by molar-refractivity contribution is 0.0696. The van der Waals surface area contributed by atoms with E-state index in [0.29, 0.717) is 12.2 Å². The fourth-order valence-electron chi connectivity index (χ4n) is 3.30. The lowest BCUT2D eigenvalue weighted by Gasteiger charge is -2.20. The lowest BCUT2D eigenvalue weighted by Crippen LogP contribution is -2.23. The SMILES string of the molecule is O=C(O)c1cnn(Cc2ccc(N3CC4CC4C3)nc2CO)c1. The Labute approximate surface area is 133 Å². The van der Waals surface area contributed by atoms with E-state index in [1.165, 1.54) is 18.8 Å². The van der Waals surface area contributed by atoms with Crippen molar-refractivity contribution in [2.24, 2.45) is 11.8 Å². The Bertz CT molecular complexity index is 748. The molecule has 2 aromatic rings. The molecule has 2 aliphatic rings. The van der Waals surface area contributed by atoms with Crippen LogP contribution in [0, 0.1) is 11.8 Å². The molecule has 1 aliphatic carbocycles. The summed E-state index contributed by atoms with van der Waals surface area (Å²) in [6.45, 7) is 2.37. The van der Waals surface area contributed by atoms with Crippen LogP contribution in [0.15, 0.2) is 24.5 Å². The van der Waals surface area contributed by atoms with Crippen molar-refractivity contribution in [3.63, 3.8) is 0 Å². The van der Waals surface area contributed by atoms with E-state index in [-0.39, 0.29) is 12.2 Å². The van der Waals surface area contributed by atoms with E-state index in [1.807, 2.05) is 12.1 Å². The smallest absolute Gasteiger partial charge is 0.338 e. The average Bonchev–Trinajstić information content (AvgIpc) is 2.97. The average molecular weight is 314 g/mol. The topological polar surface area (TPSA) is 91.5 Å². The van der Waals surface area contributed by atoms with Gasteiger partial charge in [0.25, 0.3) is 0 Å². The minimum Gasteiger partial charge on any atom is -0.478 e. The summed E-state index contributed by atoms with van der Waals surface area (Å²) in [4.78, 5) is 17.8. The van der Waals surface area contributed by atoms with Crippen molar-refractivity contribution >= 4 is 11.8 Å². The summed E-state index contributed by atoms with van der Waals surface area (Å²) in [5.41, 5.74) is 1.62. The molecular weight excluding hydrogens is 296 g/mol. The van der Waals surface area contributed by atoms with Gasteiger partial charge in [0.15, 0.2) is 0 Å². The number of piperidine rings is 1. The van der Waals surface area contributed by atoms with Crippen LogP contribution < -0.4 is 4.90 Å². The van der Waals surface area contributed by atoms with E-state index in [0.717, 1.165) is 36.3 Å². The highest BCUT2D eigenvalue weighted by molar-refractivity contribution is 5.86. The van der Waals surface area contributed by atoms with Crippen LogP contribution >= 0.6 is 0 Å². The Kier molecular flexibility index (Phi) is 3.30. The van der Waals surface area contributed by atoms with Gasteiger partial charge in [0.05, 0.1) is 30.6 Å². The first-order valence-electron chi connectivity index (χ1n) is 7.74. The Balaban J connectivity index is 1.54. The van der Waals surface area contributed by atoms with Crippen molar-refractivity contribution in [3.05, 3.63) is 41.3 Å². The van der Waals surface area contributed by atoms with Gasteiger partial charge in [-0.25, -0.2) is 9.78 Å². The number of carboxylic acids is 1. The van der Waals surface area contributed by atoms with Gasteiger partial charge in [0.2, 0.25) is 0 Å². The van der Waals surface area contributed by atoms with Crippen LogP contribution in [0.1, 0.15) is 28.0 Å². The van der Waals surface area contributed by atoms with E-state index in [2.05, 4.69) is 15.0 Å². The molecule has 2 atom stereocenters. The number of nitrogens with zero attached hydrogens (tertiary/aromatic N) is 4. The largest absolute Gasteiger partial charge is 0.478 e. The minimum absolute atomic E-state index is 0.142. The van der Waals surface area contributed by atoms with Gasteiger partial charge >= 0.3 is 5.97 Å². The standard InChI is InChI=1S/C16H18N4O3/c21-9-14-10(7-20-8-13(4-17-20)16(22)23)1-2-15(18-14)19-5-11-3-12(11)6-19/h1-2,4,8,11-12,21H,3,5-7,9H2,(H,22,23). The summed E-state index contributed by atoms with van der Waals surface area (Å²) in [5, 5.41) is 22.6. The molecule has 0 amide bonds. The molecule has 1 aliphatic heterocycles. The number of hydrogen-bond donors (Lipinski definition) is 2. The van der Waals surface area contributed by atoms with Crippen molar-refractivity contribution in [3.8, 4) is 0 Å². The Morgan fingerprint density at radius 1 is 1.30 bits per heavy atom. The number of hydrogen-bond acceptors (Lipinski definition) is 5.